The van der Waals surface area contributed by atoms with Gasteiger partial charge in [-0.25, -0.2) is 0 Å². The van der Waals surface area contributed by atoms with Crippen LogP contribution in [-0.4, -0.2) is 18.1 Å². The minimum atomic E-state index is -0.417. The van der Waals surface area contributed by atoms with Gasteiger partial charge in [-0.3, -0.25) is 10.1 Å². The van der Waals surface area contributed by atoms with E-state index in [-0.39, 0.29) is 11.8 Å². The van der Waals surface area contributed by atoms with Crippen molar-refractivity contribution in [3.05, 3.63) is 27.8 Å². The summed E-state index contributed by atoms with van der Waals surface area (Å²) in [6.45, 7) is 3.89. The molecule has 0 fully saturated rings. The lowest BCUT2D eigenvalue weighted by molar-refractivity contribution is -0.385. The van der Waals surface area contributed by atoms with Crippen LogP contribution in [0.1, 0.15) is 25.8 Å². The average Bonchev–Trinajstić information content (AvgIpc) is 2.37. The molecule has 1 aromatic carbocycles. The van der Waals surface area contributed by atoms with E-state index in [1.807, 2.05) is 13.8 Å². The summed E-state index contributed by atoms with van der Waals surface area (Å²) in [4.78, 5) is 10.6. The third kappa shape index (κ3) is 3.35. The minimum Gasteiger partial charge on any atom is -0.493 e. The van der Waals surface area contributed by atoms with Crippen molar-refractivity contribution in [1.82, 2.24) is 0 Å². The molecule has 1 aromatic rings. The Morgan fingerprint density at radius 3 is 2.56 bits per heavy atom. The maximum Gasteiger partial charge on any atom is 0.277 e. The van der Waals surface area contributed by atoms with Crippen molar-refractivity contribution in [2.24, 2.45) is 0 Å². The molecule has 18 heavy (non-hydrogen) atoms. The fourth-order valence-electron chi connectivity index (χ4n) is 1.42. The molecular weight excluding hydrogens is 302 g/mol. The Kier molecular flexibility index (Phi) is 5.40. The number of nitro benzene ring substituents is 1. The van der Waals surface area contributed by atoms with Crippen LogP contribution in [0.15, 0.2) is 12.1 Å². The molecule has 0 radical (unpaired) electrons. The van der Waals surface area contributed by atoms with Gasteiger partial charge in [0, 0.05) is 10.9 Å². The number of nitrogens with zero attached hydrogens (tertiary/aromatic N) is 1. The standard InChI is InChI=1S/C12H16BrNO4/c1-4-8(2)18-12-6-10(14(15)16)9(7-13)5-11(12)17-3/h5-6,8H,4,7H2,1-3H3. The maximum atomic E-state index is 11.0. The summed E-state index contributed by atoms with van der Waals surface area (Å²) in [7, 11) is 1.52. The summed E-state index contributed by atoms with van der Waals surface area (Å²) in [5.41, 5.74) is 0.597. The number of benzene rings is 1. The van der Waals surface area contributed by atoms with Crippen molar-refractivity contribution >= 4 is 21.6 Å². The van der Waals surface area contributed by atoms with Gasteiger partial charge in [0.2, 0.25) is 0 Å². The Morgan fingerprint density at radius 1 is 1.44 bits per heavy atom. The first kappa shape index (κ1) is 14.8. The van der Waals surface area contributed by atoms with E-state index in [4.69, 9.17) is 9.47 Å². The van der Waals surface area contributed by atoms with E-state index >= 15 is 0 Å². The van der Waals surface area contributed by atoms with Crippen LogP contribution in [0.25, 0.3) is 0 Å². The lowest BCUT2D eigenvalue weighted by Crippen LogP contribution is -2.11. The van der Waals surface area contributed by atoms with Crippen molar-refractivity contribution in [1.29, 1.82) is 0 Å². The molecule has 0 saturated carbocycles. The number of hydrogen-bond acceptors (Lipinski definition) is 4. The fourth-order valence-corrected chi connectivity index (χ4v) is 1.87. The van der Waals surface area contributed by atoms with E-state index in [1.54, 1.807) is 6.07 Å². The zero-order valence-corrected chi connectivity index (χ0v) is 12.2. The quantitative estimate of drug-likeness (QED) is 0.456. The highest BCUT2D eigenvalue weighted by molar-refractivity contribution is 9.08. The molecule has 1 atom stereocenters. The molecule has 0 aromatic heterocycles. The highest BCUT2D eigenvalue weighted by atomic mass is 79.9. The molecule has 0 amide bonds. The first-order chi connectivity index (χ1) is 8.53. The van der Waals surface area contributed by atoms with Crippen LogP contribution in [-0.2, 0) is 5.33 Å². The molecule has 0 heterocycles. The number of alkyl halides is 1. The van der Waals surface area contributed by atoms with Gasteiger partial charge < -0.3 is 9.47 Å². The Morgan fingerprint density at radius 2 is 2.11 bits per heavy atom. The molecule has 0 aliphatic rings. The Hall–Kier alpha value is -1.30. The average molecular weight is 318 g/mol. The van der Waals surface area contributed by atoms with E-state index in [1.165, 1.54) is 13.2 Å². The summed E-state index contributed by atoms with van der Waals surface area (Å²) in [5, 5.41) is 11.4. The summed E-state index contributed by atoms with van der Waals surface area (Å²) in [5.74, 6) is 0.915. The summed E-state index contributed by atoms with van der Waals surface area (Å²) >= 11 is 3.23. The van der Waals surface area contributed by atoms with Crippen LogP contribution in [0.4, 0.5) is 5.69 Å². The predicted octanol–water partition coefficient (Wildman–Crippen LogP) is 3.68. The maximum absolute atomic E-state index is 11.0. The molecule has 100 valence electrons. The van der Waals surface area contributed by atoms with Crippen LogP contribution in [0, 0.1) is 10.1 Å². The van der Waals surface area contributed by atoms with E-state index in [0.29, 0.717) is 22.4 Å². The largest absolute Gasteiger partial charge is 0.493 e. The summed E-state index contributed by atoms with van der Waals surface area (Å²) in [6.07, 6.45) is 0.797. The van der Waals surface area contributed by atoms with Crippen LogP contribution < -0.4 is 9.47 Å². The Labute approximate surface area is 114 Å². The molecule has 0 aliphatic heterocycles. The number of rotatable bonds is 6. The number of methoxy groups -OCH3 is 1. The molecule has 0 spiro atoms. The summed E-state index contributed by atoms with van der Waals surface area (Å²) in [6, 6.07) is 3.05. The molecule has 6 heteroatoms. The molecule has 0 N–H and O–H groups in total. The van der Waals surface area contributed by atoms with E-state index in [2.05, 4.69) is 15.9 Å². The number of hydrogen-bond donors (Lipinski definition) is 0. The van der Waals surface area contributed by atoms with Gasteiger partial charge in [0.1, 0.15) is 0 Å². The van der Waals surface area contributed by atoms with Crippen LogP contribution in [0.5, 0.6) is 11.5 Å². The van der Waals surface area contributed by atoms with Crippen molar-refractivity contribution in [2.45, 2.75) is 31.7 Å². The second-order valence-electron chi connectivity index (χ2n) is 3.86. The van der Waals surface area contributed by atoms with Crippen LogP contribution in [0.3, 0.4) is 0 Å². The third-order valence-corrected chi connectivity index (χ3v) is 3.21. The summed E-state index contributed by atoms with van der Waals surface area (Å²) < 4.78 is 10.8. The van der Waals surface area contributed by atoms with E-state index < -0.39 is 4.92 Å². The molecular formula is C12H16BrNO4. The van der Waals surface area contributed by atoms with Gasteiger partial charge in [0.15, 0.2) is 11.5 Å². The Bertz CT molecular complexity index is 436. The molecule has 1 rings (SSSR count). The zero-order chi connectivity index (χ0) is 13.7. The molecule has 5 nitrogen and oxygen atoms in total. The number of halogens is 1. The normalized spacial score (nSPS) is 12.0. The van der Waals surface area contributed by atoms with Gasteiger partial charge in [0.25, 0.3) is 5.69 Å². The third-order valence-electron chi connectivity index (χ3n) is 2.61. The highest BCUT2D eigenvalue weighted by Crippen LogP contribution is 2.36. The van der Waals surface area contributed by atoms with Gasteiger partial charge in [-0.1, -0.05) is 22.9 Å². The second-order valence-corrected chi connectivity index (χ2v) is 4.42. The van der Waals surface area contributed by atoms with Crippen LogP contribution in [0.2, 0.25) is 0 Å². The second kappa shape index (κ2) is 6.58. The Balaban J connectivity index is 3.23. The topological polar surface area (TPSA) is 61.6 Å². The lowest BCUT2D eigenvalue weighted by atomic mass is 10.1. The number of ether oxygens (including phenoxy) is 2. The van der Waals surface area contributed by atoms with E-state index in [0.717, 1.165) is 6.42 Å². The van der Waals surface area contributed by atoms with Crippen molar-refractivity contribution in [3.8, 4) is 11.5 Å². The first-order valence-electron chi connectivity index (χ1n) is 5.61. The monoisotopic (exact) mass is 317 g/mol. The zero-order valence-electron chi connectivity index (χ0n) is 10.6. The highest BCUT2D eigenvalue weighted by Gasteiger charge is 2.19. The van der Waals surface area contributed by atoms with Gasteiger partial charge in [-0.15, -0.1) is 0 Å². The molecule has 0 bridgehead atoms. The minimum absolute atomic E-state index is 0.0201. The first-order valence-corrected chi connectivity index (χ1v) is 6.73. The van der Waals surface area contributed by atoms with E-state index in [9.17, 15) is 10.1 Å². The fraction of sp³-hybridized carbons (Fsp3) is 0.500. The lowest BCUT2D eigenvalue weighted by Gasteiger charge is -2.16. The number of nitro groups is 1. The van der Waals surface area contributed by atoms with Gasteiger partial charge in [-0.05, 0) is 19.4 Å². The smallest absolute Gasteiger partial charge is 0.277 e. The molecule has 1 unspecified atom stereocenters. The molecule has 0 aliphatic carbocycles. The molecule has 0 saturated heterocycles. The SMILES string of the molecule is CCC(C)Oc1cc([N+](=O)[O-])c(CBr)cc1OC. The van der Waals surface area contributed by atoms with Gasteiger partial charge >= 0.3 is 0 Å². The van der Waals surface area contributed by atoms with Gasteiger partial charge in [0.05, 0.1) is 24.2 Å². The van der Waals surface area contributed by atoms with Crippen LogP contribution >= 0.6 is 15.9 Å². The van der Waals surface area contributed by atoms with Crippen molar-refractivity contribution < 1.29 is 14.4 Å². The van der Waals surface area contributed by atoms with Crippen molar-refractivity contribution in [2.75, 3.05) is 7.11 Å². The van der Waals surface area contributed by atoms with Crippen molar-refractivity contribution in [3.63, 3.8) is 0 Å². The van der Waals surface area contributed by atoms with Gasteiger partial charge in [-0.2, -0.15) is 0 Å². The predicted molar refractivity (Wildman–Crippen MR) is 72.7 cm³/mol.